The molecular weight excluding hydrogens is 775 g/mol. The standard InChI is InChI=1S/C21H23FN6O2.C20H21FN6O2.CH4/c1-11-9-27(10-19-25-23-14(4)28(11)19)21(30)16-7-15(5-6-17(16)22)8-18-12(2)13(3)20(29)26-24-18;1-11-6-15(23-25-19(11)28)7-14-4-5-17(21)16(8-14)20(29)26-9-12(2)27-13(3)22-24-18(27)10-26;/h5-7,11H,8-10H2,1-4H3,(H,26,29);4-6,8,12H,7,9-10H2,1-3H3,(H,25,28);1H4. The lowest BCUT2D eigenvalue weighted by Gasteiger charge is -2.32. The number of aromatic amines is 2. The number of nitrogens with one attached hydrogen (secondary N) is 2. The SMILES string of the molecule is C.Cc1c(Cc2ccc(F)c(C(=O)N3Cc4nnc(C)n4C(C)C3)c2)n[nH]c(=O)c1C.Cc1cc(Cc2ccc(F)c(C(=O)N3Cc4nnc(C)n4C(C)C3)c2)n[nH]c1=O. The summed E-state index contributed by atoms with van der Waals surface area (Å²) in [6.07, 6.45) is 0.760. The minimum absolute atomic E-state index is 0. The number of carbonyl (C=O) groups excluding carboxylic acids is 2. The van der Waals surface area contributed by atoms with Gasteiger partial charge in [-0.05, 0) is 95.5 Å². The molecule has 0 bridgehead atoms. The smallest absolute Gasteiger partial charge is 0.267 e. The highest BCUT2D eigenvalue weighted by atomic mass is 19.1. The van der Waals surface area contributed by atoms with E-state index in [0.717, 1.165) is 28.3 Å². The third kappa shape index (κ3) is 8.53. The number of H-pyrrole nitrogens is 2. The maximum Gasteiger partial charge on any atom is 0.267 e. The van der Waals surface area contributed by atoms with Crippen molar-refractivity contribution in [2.24, 2.45) is 0 Å². The average molecular weight is 823 g/mol. The molecule has 2 N–H and O–H groups in total. The molecule has 18 heteroatoms. The van der Waals surface area contributed by atoms with Crippen LogP contribution in [0.15, 0.2) is 52.1 Å². The molecule has 314 valence electrons. The van der Waals surface area contributed by atoms with Gasteiger partial charge in [-0.1, -0.05) is 19.6 Å². The number of amides is 2. The highest BCUT2D eigenvalue weighted by molar-refractivity contribution is 5.95. The molecule has 0 saturated carbocycles. The predicted octanol–water partition coefficient (Wildman–Crippen LogP) is 4.79. The summed E-state index contributed by atoms with van der Waals surface area (Å²) in [5.74, 6) is 1.10. The number of rotatable bonds is 6. The van der Waals surface area contributed by atoms with Gasteiger partial charge in [0.2, 0.25) is 0 Å². The Bertz CT molecular complexity index is 2720. The molecule has 2 unspecified atom stereocenters. The molecule has 0 aliphatic carbocycles. The van der Waals surface area contributed by atoms with Crippen molar-refractivity contribution < 1.29 is 18.4 Å². The third-order valence-corrected chi connectivity index (χ3v) is 10.9. The number of carbonyl (C=O) groups is 2. The van der Waals surface area contributed by atoms with Crippen LogP contribution in [0.1, 0.15) is 117 Å². The lowest BCUT2D eigenvalue weighted by molar-refractivity contribution is 0.0669. The van der Waals surface area contributed by atoms with Gasteiger partial charge in [0.05, 0.1) is 47.7 Å². The van der Waals surface area contributed by atoms with Gasteiger partial charge in [-0.15, -0.1) is 20.4 Å². The quantitative estimate of drug-likeness (QED) is 0.236. The van der Waals surface area contributed by atoms with Crippen LogP contribution in [0.3, 0.4) is 0 Å². The minimum atomic E-state index is -0.569. The van der Waals surface area contributed by atoms with Crippen molar-refractivity contribution in [3.05, 3.63) is 148 Å². The molecule has 2 aromatic carbocycles. The molecular formula is C42H48F2N12O4. The maximum absolute atomic E-state index is 14.6. The summed E-state index contributed by atoms with van der Waals surface area (Å²) in [6.45, 7) is 14.5. The van der Waals surface area contributed by atoms with E-state index in [4.69, 9.17) is 0 Å². The molecule has 2 atom stereocenters. The third-order valence-electron chi connectivity index (χ3n) is 10.9. The number of hydrogen-bond donors (Lipinski definition) is 2. The highest BCUT2D eigenvalue weighted by Crippen LogP contribution is 2.26. The van der Waals surface area contributed by atoms with E-state index >= 15 is 0 Å². The predicted molar refractivity (Wildman–Crippen MR) is 217 cm³/mol. The molecule has 8 rings (SSSR count). The van der Waals surface area contributed by atoms with Gasteiger partial charge in [0, 0.05) is 37.1 Å². The first kappa shape index (κ1) is 42.9. The van der Waals surface area contributed by atoms with Crippen molar-refractivity contribution in [1.82, 2.24) is 59.7 Å². The Balaban J connectivity index is 0.000000198. The first-order chi connectivity index (χ1) is 28.1. The lowest BCUT2D eigenvalue weighted by atomic mass is 10.0. The van der Waals surface area contributed by atoms with Gasteiger partial charge in [0.1, 0.15) is 23.3 Å². The molecule has 2 aliphatic heterocycles. The van der Waals surface area contributed by atoms with E-state index in [2.05, 4.69) is 40.8 Å². The number of benzene rings is 2. The minimum Gasteiger partial charge on any atom is -0.329 e. The van der Waals surface area contributed by atoms with Gasteiger partial charge in [0.15, 0.2) is 11.6 Å². The first-order valence-electron chi connectivity index (χ1n) is 19.2. The molecule has 2 aliphatic rings. The normalized spacial score (nSPS) is 15.7. The largest absolute Gasteiger partial charge is 0.329 e. The van der Waals surface area contributed by atoms with E-state index in [1.807, 2.05) is 43.8 Å². The zero-order chi connectivity index (χ0) is 42.3. The number of hydrogen-bond acceptors (Lipinski definition) is 10. The summed E-state index contributed by atoms with van der Waals surface area (Å²) >= 11 is 0. The molecule has 16 nitrogen and oxygen atoms in total. The molecule has 6 heterocycles. The zero-order valence-corrected chi connectivity index (χ0v) is 33.8. The Morgan fingerprint density at radius 2 is 1.15 bits per heavy atom. The fourth-order valence-electron chi connectivity index (χ4n) is 7.70. The first-order valence-corrected chi connectivity index (χ1v) is 19.2. The molecule has 6 aromatic rings. The van der Waals surface area contributed by atoms with Crippen LogP contribution in [0, 0.1) is 46.3 Å². The summed E-state index contributed by atoms with van der Waals surface area (Å²) in [7, 11) is 0. The molecule has 2 amide bonds. The summed E-state index contributed by atoms with van der Waals surface area (Å²) in [5.41, 5.74) is 4.30. The highest BCUT2D eigenvalue weighted by Gasteiger charge is 2.31. The topological polar surface area (TPSA) is 194 Å². The molecule has 4 aromatic heterocycles. The Kier molecular flexibility index (Phi) is 12.3. The monoisotopic (exact) mass is 822 g/mol. The Morgan fingerprint density at radius 1 is 0.667 bits per heavy atom. The van der Waals surface area contributed by atoms with Crippen molar-refractivity contribution in [2.75, 3.05) is 13.1 Å². The van der Waals surface area contributed by atoms with Crippen molar-refractivity contribution in [2.45, 2.75) is 93.9 Å². The summed E-state index contributed by atoms with van der Waals surface area (Å²) in [4.78, 5) is 52.5. The van der Waals surface area contributed by atoms with Crippen LogP contribution in [0.4, 0.5) is 8.78 Å². The van der Waals surface area contributed by atoms with E-state index in [9.17, 15) is 28.0 Å². The fraction of sp³-hybridized carbons (Fsp3) is 0.381. The van der Waals surface area contributed by atoms with Crippen LogP contribution in [-0.2, 0) is 25.9 Å². The van der Waals surface area contributed by atoms with Crippen LogP contribution >= 0.6 is 0 Å². The fourth-order valence-corrected chi connectivity index (χ4v) is 7.70. The lowest BCUT2D eigenvalue weighted by Crippen LogP contribution is -2.41. The van der Waals surface area contributed by atoms with Crippen LogP contribution < -0.4 is 11.1 Å². The average Bonchev–Trinajstić information content (AvgIpc) is 3.79. The molecule has 0 radical (unpaired) electrons. The summed E-state index contributed by atoms with van der Waals surface area (Å²) < 4.78 is 33.1. The van der Waals surface area contributed by atoms with E-state index in [-0.39, 0.29) is 66.7 Å². The van der Waals surface area contributed by atoms with Crippen LogP contribution in [0.2, 0.25) is 0 Å². The van der Waals surface area contributed by atoms with Gasteiger partial charge in [0.25, 0.3) is 22.9 Å². The zero-order valence-electron chi connectivity index (χ0n) is 33.8. The number of aromatic nitrogens is 10. The van der Waals surface area contributed by atoms with E-state index in [0.29, 0.717) is 60.1 Å². The second kappa shape index (κ2) is 17.2. The van der Waals surface area contributed by atoms with Crippen LogP contribution in [0.5, 0.6) is 0 Å². The number of halogens is 2. The van der Waals surface area contributed by atoms with Gasteiger partial charge in [-0.2, -0.15) is 10.2 Å². The van der Waals surface area contributed by atoms with E-state index in [1.165, 1.54) is 12.1 Å². The summed E-state index contributed by atoms with van der Waals surface area (Å²) in [5, 5.41) is 29.5. The van der Waals surface area contributed by atoms with Gasteiger partial charge in [-0.25, -0.2) is 19.0 Å². The maximum atomic E-state index is 14.6. The number of fused-ring (bicyclic) bond motifs is 2. The Hall–Kier alpha value is -6.72. The Morgan fingerprint density at radius 3 is 1.65 bits per heavy atom. The van der Waals surface area contributed by atoms with Gasteiger partial charge in [-0.3, -0.25) is 19.2 Å². The van der Waals surface area contributed by atoms with Crippen LogP contribution in [0.25, 0.3) is 0 Å². The van der Waals surface area contributed by atoms with Gasteiger partial charge >= 0.3 is 0 Å². The second-order valence-corrected chi connectivity index (χ2v) is 15.2. The van der Waals surface area contributed by atoms with Crippen molar-refractivity contribution in [3.8, 4) is 0 Å². The van der Waals surface area contributed by atoms with Crippen molar-refractivity contribution in [3.63, 3.8) is 0 Å². The molecule has 60 heavy (non-hydrogen) atoms. The number of nitrogens with zero attached hydrogens (tertiary/aromatic N) is 10. The Labute approximate surface area is 344 Å². The van der Waals surface area contributed by atoms with Crippen LogP contribution in [-0.4, -0.2) is 84.6 Å². The molecule has 0 fully saturated rings. The van der Waals surface area contributed by atoms with Gasteiger partial charge < -0.3 is 18.9 Å². The molecule has 0 saturated heterocycles. The van der Waals surface area contributed by atoms with E-state index < -0.39 is 11.6 Å². The number of aryl methyl sites for hydroxylation is 3. The summed E-state index contributed by atoms with van der Waals surface area (Å²) in [6, 6.07) is 10.7. The second-order valence-electron chi connectivity index (χ2n) is 15.2. The van der Waals surface area contributed by atoms with E-state index in [1.54, 1.807) is 54.0 Å². The molecule has 0 spiro atoms. The van der Waals surface area contributed by atoms with Crippen molar-refractivity contribution in [1.29, 1.82) is 0 Å². The van der Waals surface area contributed by atoms with Crippen molar-refractivity contribution >= 4 is 11.8 Å².